The fourth-order valence-corrected chi connectivity index (χ4v) is 4.19. The number of sulfonamides is 1. The average molecular weight is 385 g/mol. The Hall–Kier alpha value is -2.51. The molecule has 0 fully saturated rings. The predicted octanol–water partition coefficient (Wildman–Crippen LogP) is 2.47. The first-order valence-electron chi connectivity index (χ1n) is 8.84. The maximum atomic E-state index is 12.6. The second-order valence-corrected chi connectivity index (χ2v) is 8.72. The van der Waals surface area contributed by atoms with E-state index in [4.69, 9.17) is 0 Å². The van der Waals surface area contributed by atoms with Crippen molar-refractivity contribution in [1.29, 1.82) is 0 Å². The third kappa shape index (κ3) is 4.43. The number of nitrogens with zero attached hydrogens (tertiary/aromatic N) is 2. The standard InChI is InChI=1S/C20H23N3O3S/c1-15-10-12-17(13-11-15)27(25,26)23(2)14-20(24)22-21-19-9-5-7-16-6-3-4-8-18(16)19/h3-4,6,8,10-13H,5,7,9,14H2,1-2H3,(H,22,24)/b21-19-. The van der Waals surface area contributed by atoms with Gasteiger partial charge in [-0.1, -0.05) is 42.0 Å². The van der Waals surface area contributed by atoms with Gasteiger partial charge in [0.2, 0.25) is 10.0 Å². The minimum Gasteiger partial charge on any atom is -0.272 e. The highest BCUT2D eigenvalue weighted by Gasteiger charge is 2.23. The predicted molar refractivity (Wildman–Crippen MR) is 105 cm³/mol. The summed E-state index contributed by atoms with van der Waals surface area (Å²) in [5, 5.41) is 4.24. The largest absolute Gasteiger partial charge is 0.272 e. The van der Waals surface area contributed by atoms with Crippen LogP contribution in [0.15, 0.2) is 58.5 Å². The average Bonchev–Trinajstić information content (AvgIpc) is 2.66. The molecule has 2 aromatic rings. The molecule has 0 saturated carbocycles. The Balaban J connectivity index is 1.67. The maximum Gasteiger partial charge on any atom is 0.255 e. The smallest absolute Gasteiger partial charge is 0.255 e. The van der Waals surface area contributed by atoms with Crippen LogP contribution in [-0.2, 0) is 21.2 Å². The highest BCUT2D eigenvalue weighted by Crippen LogP contribution is 2.21. The van der Waals surface area contributed by atoms with E-state index in [1.54, 1.807) is 12.1 Å². The Labute approximate surface area is 159 Å². The van der Waals surface area contributed by atoms with Gasteiger partial charge in [0, 0.05) is 12.6 Å². The third-order valence-corrected chi connectivity index (χ3v) is 6.42. The molecule has 0 atom stereocenters. The zero-order valence-corrected chi connectivity index (χ0v) is 16.3. The van der Waals surface area contributed by atoms with Crippen molar-refractivity contribution in [3.05, 3.63) is 65.2 Å². The number of likely N-dealkylation sites (N-methyl/N-ethyl adjacent to an activating group) is 1. The molecule has 0 radical (unpaired) electrons. The molecule has 0 aromatic heterocycles. The van der Waals surface area contributed by atoms with Crippen molar-refractivity contribution in [1.82, 2.24) is 9.73 Å². The molecule has 1 amide bonds. The van der Waals surface area contributed by atoms with Gasteiger partial charge in [0.1, 0.15) is 0 Å². The quantitative estimate of drug-likeness (QED) is 0.803. The number of aryl methyl sites for hydroxylation is 2. The van der Waals surface area contributed by atoms with Crippen LogP contribution in [0, 0.1) is 6.92 Å². The van der Waals surface area contributed by atoms with Crippen molar-refractivity contribution in [2.45, 2.75) is 31.1 Å². The lowest BCUT2D eigenvalue weighted by Gasteiger charge is -2.18. The van der Waals surface area contributed by atoms with Crippen LogP contribution in [0.4, 0.5) is 0 Å². The fourth-order valence-electron chi connectivity index (χ4n) is 3.06. The number of carbonyl (C=O) groups is 1. The van der Waals surface area contributed by atoms with Gasteiger partial charge in [-0.3, -0.25) is 4.79 Å². The first kappa shape index (κ1) is 19.3. The lowest BCUT2D eigenvalue weighted by Crippen LogP contribution is -2.37. The van der Waals surface area contributed by atoms with E-state index in [1.165, 1.54) is 24.7 Å². The van der Waals surface area contributed by atoms with Crippen molar-refractivity contribution < 1.29 is 13.2 Å². The molecule has 0 bridgehead atoms. The molecule has 2 aromatic carbocycles. The van der Waals surface area contributed by atoms with Crippen LogP contribution in [0.1, 0.15) is 29.5 Å². The summed E-state index contributed by atoms with van der Waals surface area (Å²) < 4.78 is 26.1. The fraction of sp³-hybridized carbons (Fsp3) is 0.300. The number of benzene rings is 2. The van der Waals surface area contributed by atoms with Crippen molar-refractivity contribution in [3.8, 4) is 0 Å². The topological polar surface area (TPSA) is 78.8 Å². The van der Waals surface area contributed by atoms with Gasteiger partial charge in [-0.2, -0.15) is 9.41 Å². The van der Waals surface area contributed by atoms with Gasteiger partial charge in [-0.25, -0.2) is 13.8 Å². The normalized spacial score (nSPS) is 15.6. The van der Waals surface area contributed by atoms with Crippen LogP contribution in [-0.4, -0.2) is 37.9 Å². The van der Waals surface area contributed by atoms with Gasteiger partial charge < -0.3 is 0 Å². The first-order valence-corrected chi connectivity index (χ1v) is 10.3. The van der Waals surface area contributed by atoms with E-state index in [0.717, 1.165) is 40.4 Å². The van der Waals surface area contributed by atoms with Crippen LogP contribution in [0.5, 0.6) is 0 Å². The van der Waals surface area contributed by atoms with Crippen molar-refractivity contribution in [3.63, 3.8) is 0 Å². The van der Waals surface area contributed by atoms with Crippen molar-refractivity contribution in [2.24, 2.45) is 5.10 Å². The van der Waals surface area contributed by atoms with E-state index in [-0.39, 0.29) is 11.4 Å². The van der Waals surface area contributed by atoms with E-state index in [2.05, 4.69) is 16.6 Å². The molecule has 0 aliphatic heterocycles. The summed E-state index contributed by atoms with van der Waals surface area (Å²) in [6.07, 6.45) is 2.77. The summed E-state index contributed by atoms with van der Waals surface area (Å²) in [4.78, 5) is 12.4. The van der Waals surface area contributed by atoms with Gasteiger partial charge >= 0.3 is 0 Å². The molecular weight excluding hydrogens is 362 g/mol. The monoisotopic (exact) mass is 385 g/mol. The van der Waals surface area contributed by atoms with Crippen LogP contribution in [0.25, 0.3) is 0 Å². The number of hydrogen-bond acceptors (Lipinski definition) is 4. The Bertz CT molecular complexity index is 966. The Kier molecular flexibility index (Phi) is 5.72. The minimum atomic E-state index is -3.72. The number of nitrogens with one attached hydrogen (secondary N) is 1. The molecule has 3 rings (SSSR count). The van der Waals surface area contributed by atoms with E-state index >= 15 is 0 Å². The summed E-state index contributed by atoms with van der Waals surface area (Å²) in [7, 11) is -2.33. The zero-order valence-electron chi connectivity index (χ0n) is 15.5. The van der Waals surface area contributed by atoms with E-state index in [0.29, 0.717) is 0 Å². The summed E-state index contributed by atoms with van der Waals surface area (Å²) in [5.41, 5.74) is 6.56. The van der Waals surface area contributed by atoms with E-state index in [1.807, 2.05) is 25.1 Å². The third-order valence-electron chi connectivity index (χ3n) is 4.60. The van der Waals surface area contributed by atoms with Crippen LogP contribution < -0.4 is 5.43 Å². The van der Waals surface area contributed by atoms with Crippen molar-refractivity contribution in [2.75, 3.05) is 13.6 Å². The Morgan fingerprint density at radius 2 is 1.81 bits per heavy atom. The molecule has 0 spiro atoms. The highest BCUT2D eigenvalue weighted by atomic mass is 32.2. The molecule has 142 valence electrons. The van der Waals surface area contributed by atoms with Crippen LogP contribution in [0.3, 0.4) is 0 Å². The lowest BCUT2D eigenvalue weighted by atomic mass is 9.90. The SMILES string of the molecule is Cc1ccc(S(=O)(=O)N(C)CC(=O)N/N=C2/CCCc3ccccc32)cc1. The summed E-state index contributed by atoms with van der Waals surface area (Å²) in [6, 6.07) is 14.5. The van der Waals surface area contributed by atoms with Crippen molar-refractivity contribution >= 4 is 21.6 Å². The summed E-state index contributed by atoms with van der Waals surface area (Å²) in [6.45, 7) is 1.59. The number of hydrazone groups is 1. The molecule has 6 nitrogen and oxygen atoms in total. The Morgan fingerprint density at radius 1 is 1.11 bits per heavy atom. The van der Waals surface area contributed by atoms with Gasteiger partial charge in [0.15, 0.2) is 0 Å². The van der Waals surface area contributed by atoms with Gasteiger partial charge in [-0.15, -0.1) is 0 Å². The Morgan fingerprint density at radius 3 is 2.56 bits per heavy atom. The lowest BCUT2D eigenvalue weighted by molar-refractivity contribution is -0.121. The maximum absolute atomic E-state index is 12.6. The molecule has 27 heavy (non-hydrogen) atoms. The van der Waals surface area contributed by atoms with Gasteiger partial charge in [-0.05, 0) is 43.9 Å². The van der Waals surface area contributed by atoms with E-state index < -0.39 is 15.9 Å². The minimum absolute atomic E-state index is 0.163. The molecule has 1 N–H and O–H groups in total. The molecule has 0 saturated heterocycles. The number of rotatable bonds is 5. The number of hydrogen-bond donors (Lipinski definition) is 1. The molecule has 1 aliphatic carbocycles. The van der Waals surface area contributed by atoms with Gasteiger partial charge in [0.05, 0.1) is 17.2 Å². The van der Waals surface area contributed by atoms with Crippen LogP contribution in [0.2, 0.25) is 0 Å². The molecular formula is C20H23N3O3S. The molecule has 1 aliphatic rings. The first-order chi connectivity index (χ1) is 12.9. The number of fused-ring (bicyclic) bond motifs is 1. The second-order valence-electron chi connectivity index (χ2n) is 6.68. The highest BCUT2D eigenvalue weighted by molar-refractivity contribution is 7.89. The zero-order chi connectivity index (χ0) is 19.4. The molecule has 0 heterocycles. The van der Waals surface area contributed by atoms with Crippen LogP contribution >= 0.6 is 0 Å². The summed E-state index contributed by atoms with van der Waals surface area (Å²) >= 11 is 0. The van der Waals surface area contributed by atoms with E-state index in [9.17, 15) is 13.2 Å². The molecule has 0 unspecified atom stereocenters. The van der Waals surface area contributed by atoms with Gasteiger partial charge in [0.25, 0.3) is 5.91 Å². The number of carbonyl (C=O) groups excluding carboxylic acids is 1. The summed E-state index contributed by atoms with van der Waals surface area (Å²) in [5.74, 6) is -0.469. The molecule has 7 heteroatoms. The second kappa shape index (κ2) is 8.02. The number of amides is 1.